The van der Waals surface area contributed by atoms with E-state index in [1.807, 2.05) is 30.3 Å². The molecule has 0 aliphatic rings. The van der Waals surface area contributed by atoms with E-state index in [2.05, 4.69) is 10.0 Å². The van der Waals surface area contributed by atoms with Crippen LogP contribution in [0.2, 0.25) is 0 Å². The Morgan fingerprint density at radius 2 is 1.72 bits per heavy atom. The van der Waals surface area contributed by atoms with Crippen LogP contribution in [-0.2, 0) is 10.0 Å². The zero-order chi connectivity index (χ0) is 20.6. The summed E-state index contributed by atoms with van der Waals surface area (Å²) >= 11 is 0. The normalized spacial score (nSPS) is 11.5. The summed E-state index contributed by atoms with van der Waals surface area (Å²) in [5, 5.41) is 4.33. The number of amides is 1. The Morgan fingerprint density at radius 3 is 2.48 bits per heavy atom. The number of hydrogen-bond acceptors (Lipinski definition) is 5. The van der Waals surface area contributed by atoms with E-state index in [-0.39, 0.29) is 16.2 Å². The average molecular weight is 410 g/mol. The first kappa shape index (κ1) is 18.8. The van der Waals surface area contributed by atoms with Crippen LogP contribution in [0.1, 0.15) is 10.4 Å². The van der Waals surface area contributed by atoms with Crippen molar-refractivity contribution < 1.29 is 22.4 Å². The molecule has 0 aliphatic carbocycles. The molecule has 0 fully saturated rings. The summed E-state index contributed by atoms with van der Waals surface area (Å²) in [7, 11) is -1.05. The third-order valence-corrected chi connectivity index (χ3v) is 5.96. The molecule has 8 heteroatoms. The number of sulfonamides is 1. The lowest BCUT2D eigenvalue weighted by Gasteiger charge is -2.12. The molecular weight excluding hydrogens is 392 g/mol. The molecule has 0 aliphatic heterocycles. The monoisotopic (exact) mass is 410 g/mol. The number of benzene rings is 3. The fraction of sp³-hybridized carbons (Fsp3) is 0.0952. The summed E-state index contributed by atoms with van der Waals surface area (Å²) < 4.78 is 39.2. The van der Waals surface area contributed by atoms with Crippen LogP contribution in [0.3, 0.4) is 0 Å². The predicted molar refractivity (Wildman–Crippen MR) is 111 cm³/mol. The molecule has 0 saturated heterocycles. The molecule has 0 radical (unpaired) electrons. The van der Waals surface area contributed by atoms with Crippen LogP contribution in [0.5, 0.6) is 5.75 Å². The summed E-state index contributed by atoms with van der Waals surface area (Å²) in [6, 6.07) is 16.8. The average Bonchev–Trinajstić information content (AvgIpc) is 3.10. The van der Waals surface area contributed by atoms with Gasteiger partial charge in [-0.05, 0) is 36.4 Å². The van der Waals surface area contributed by atoms with Gasteiger partial charge in [0.1, 0.15) is 16.9 Å². The summed E-state index contributed by atoms with van der Waals surface area (Å²) in [4.78, 5) is 12.0. The number of carbonyl (C=O) groups is 1. The van der Waals surface area contributed by atoms with Crippen LogP contribution in [0.15, 0.2) is 70.0 Å². The highest BCUT2D eigenvalue weighted by molar-refractivity contribution is 7.92. The third-order valence-electron chi connectivity index (χ3n) is 4.58. The van der Waals surface area contributed by atoms with Crippen molar-refractivity contribution in [3.05, 3.63) is 66.2 Å². The van der Waals surface area contributed by atoms with Crippen molar-refractivity contribution in [1.82, 2.24) is 5.32 Å². The smallest absolute Gasteiger partial charge is 0.261 e. The molecule has 4 rings (SSSR count). The van der Waals surface area contributed by atoms with Crippen molar-refractivity contribution in [1.29, 1.82) is 0 Å². The number of nitrogens with one attached hydrogen (secondary N) is 2. The highest BCUT2D eigenvalue weighted by atomic mass is 32.2. The van der Waals surface area contributed by atoms with Crippen molar-refractivity contribution in [3.8, 4) is 5.75 Å². The Morgan fingerprint density at radius 1 is 0.966 bits per heavy atom. The number of hydrogen-bond donors (Lipinski definition) is 2. The predicted octanol–water partition coefficient (Wildman–Crippen LogP) is 3.76. The lowest BCUT2D eigenvalue weighted by molar-refractivity contribution is 0.0960. The second-order valence-corrected chi connectivity index (χ2v) is 8.04. The maximum atomic E-state index is 12.9. The highest BCUT2D eigenvalue weighted by Crippen LogP contribution is 2.31. The number of furan rings is 1. The van der Waals surface area contributed by atoms with Crippen molar-refractivity contribution >= 4 is 43.6 Å². The first-order valence-electron chi connectivity index (χ1n) is 8.77. The maximum Gasteiger partial charge on any atom is 0.261 e. The number of fused-ring (bicyclic) bond motifs is 3. The molecule has 0 bridgehead atoms. The zero-order valence-electron chi connectivity index (χ0n) is 15.7. The van der Waals surface area contributed by atoms with Crippen LogP contribution >= 0.6 is 0 Å². The summed E-state index contributed by atoms with van der Waals surface area (Å²) in [6.07, 6.45) is 0. The quantitative estimate of drug-likeness (QED) is 0.522. The van der Waals surface area contributed by atoms with Crippen molar-refractivity contribution in [2.24, 2.45) is 0 Å². The fourth-order valence-corrected chi connectivity index (χ4v) is 4.25. The molecule has 1 heterocycles. The third kappa shape index (κ3) is 3.38. The Labute approximate surface area is 167 Å². The molecule has 2 N–H and O–H groups in total. The summed E-state index contributed by atoms with van der Waals surface area (Å²) in [5.41, 5.74) is 1.79. The van der Waals surface area contributed by atoms with Gasteiger partial charge >= 0.3 is 0 Å². The first-order chi connectivity index (χ1) is 13.9. The topological polar surface area (TPSA) is 97.6 Å². The van der Waals surface area contributed by atoms with Gasteiger partial charge in [0.05, 0.1) is 23.3 Å². The van der Waals surface area contributed by atoms with E-state index in [9.17, 15) is 13.2 Å². The van der Waals surface area contributed by atoms with Crippen LogP contribution in [-0.4, -0.2) is 28.5 Å². The van der Waals surface area contributed by atoms with Crippen molar-refractivity contribution in [3.63, 3.8) is 0 Å². The number of methoxy groups -OCH3 is 1. The number of carbonyl (C=O) groups excluding carboxylic acids is 1. The van der Waals surface area contributed by atoms with Gasteiger partial charge in [-0.3, -0.25) is 9.52 Å². The van der Waals surface area contributed by atoms with Gasteiger partial charge in [-0.15, -0.1) is 0 Å². The zero-order valence-corrected chi connectivity index (χ0v) is 16.5. The lowest BCUT2D eigenvalue weighted by Crippen LogP contribution is -2.20. The molecule has 148 valence electrons. The highest BCUT2D eigenvalue weighted by Gasteiger charge is 2.20. The van der Waals surface area contributed by atoms with Crippen molar-refractivity contribution in [2.45, 2.75) is 4.90 Å². The molecule has 29 heavy (non-hydrogen) atoms. The van der Waals surface area contributed by atoms with Crippen LogP contribution in [0, 0.1) is 0 Å². The van der Waals surface area contributed by atoms with Gasteiger partial charge < -0.3 is 14.5 Å². The second-order valence-electron chi connectivity index (χ2n) is 6.36. The fourth-order valence-electron chi connectivity index (χ4n) is 3.17. The molecule has 0 saturated carbocycles. The lowest BCUT2D eigenvalue weighted by atomic mass is 10.1. The standard InChI is InChI=1S/C21H18N2O5S/c1-22-21(24)17-12-14(8-10-18(17)27-2)29(25,26)23-13-7-9-16-15-5-3-4-6-19(15)28-20(16)11-13/h3-12,23H,1-2H3,(H,22,24). The molecular formula is C21H18N2O5S. The van der Waals surface area contributed by atoms with E-state index in [4.69, 9.17) is 9.15 Å². The van der Waals surface area contributed by atoms with Crippen LogP contribution < -0.4 is 14.8 Å². The molecule has 0 spiro atoms. The van der Waals surface area contributed by atoms with Gasteiger partial charge in [0.15, 0.2) is 0 Å². The van der Waals surface area contributed by atoms with E-state index in [1.165, 1.54) is 32.4 Å². The minimum atomic E-state index is -3.93. The van der Waals surface area contributed by atoms with Gasteiger partial charge in [-0.25, -0.2) is 8.42 Å². The Kier molecular flexibility index (Phi) is 4.63. The number of rotatable bonds is 5. The number of anilines is 1. The SMILES string of the molecule is CNC(=O)c1cc(S(=O)(=O)Nc2ccc3c(c2)oc2ccccc23)ccc1OC. The molecule has 1 aromatic heterocycles. The van der Waals surface area contributed by atoms with Crippen LogP contribution in [0.4, 0.5) is 5.69 Å². The molecule has 7 nitrogen and oxygen atoms in total. The number of para-hydroxylation sites is 1. The minimum Gasteiger partial charge on any atom is -0.496 e. The second kappa shape index (κ2) is 7.14. The van der Waals surface area contributed by atoms with Gasteiger partial charge in [0.25, 0.3) is 15.9 Å². The van der Waals surface area contributed by atoms with Crippen molar-refractivity contribution in [2.75, 3.05) is 18.9 Å². The molecule has 0 unspecified atom stereocenters. The summed E-state index contributed by atoms with van der Waals surface area (Å²) in [6.45, 7) is 0. The van der Waals surface area contributed by atoms with E-state index in [0.29, 0.717) is 11.3 Å². The Hall–Kier alpha value is -3.52. The Bertz CT molecular complexity index is 1340. The molecule has 4 aromatic rings. The maximum absolute atomic E-state index is 12.9. The minimum absolute atomic E-state index is 0.0541. The van der Waals surface area contributed by atoms with Gasteiger partial charge in [-0.1, -0.05) is 18.2 Å². The van der Waals surface area contributed by atoms with E-state index < -0.39 is 15.9 Å². The molecule has 1 amide bonds. The largest absolute Gasteiger partial charge is 0.496 e. The van der Waals surface area contributed by atoms with Crippen LogP contribution in [0.25, 0.3) is 21.9 Å². The van der Waals surface area contributed by atoms with E-state index in [0.717, 1.165) is 16.4 Å². The van der Waals surface area contributed by atoms with E-state index in [1.54, 1.807) is 12.1 Å². The molecule has 0 atom stereocenters. The van der Waals surface area contributed by atoms with Gasteiger partial charge in [0.2, 0.25) is 0 Å². The van der Waals surface area contributed by atoms with Gasteiger partial charge in [-0.2, -0.15) is 0 Å². The van der Waals surface area contributed by atoms with E-state index >= 15 is 0 Å². The Balaban J connectivity index is 1.71. The van der Waals surface area contributed by atoms with Gasteiger partial charge in [0, 0.05) is 23.9 Å². The number of ether oxygens (including phenoxy) is 1. The summed E-state index contributed by atoms with van der Waals surface area (Å²) in [5.74, 6) is -0.158. The first-order valence-corrected chi connectivity index (χ1v) is 10.3. The molecule has 3 aromatic carbocycles.